The first-order chi connectivity index (χ1) is 5.36. The van der Waals surface area contributed by atoms with Crippen LogP contribution in [0, 0.1) is 6.92 Å². The molecule has 1 aromatic rings. The maximum Gasteiger partial charge on any atom is 0.132 e. The molecule has 1 aliphatic heterocycles. The summed E-state index contributed by atoms with van der Waals surface area (Å²) in [6.45, 7) is 3.03. The van der Waals surface area contributed by atoms with E-state index in [9.17, 15) is 0 Å². The first-order valence-corrected chi connectivity index (χ1v) is 4.06. The number of nitrogens with one attached hydrogen (secondary N) is 1. The number of fused-ring (bicyclic) bond motifs is 1. The Kier molecular flexibility index (Phi) is 1.53. The van der Waals surface area contributed by atoms with Crippen molar-refractivity contribution in [1.29, 1.82) is 0 Å². The number of rotatable bonds is 0. The van der Waals surface area contributed by atoms with E-state index in [2.05, 4.69) is 29.0 Å². The van der Waals surface area contributed by atoms with Crippen molar-refractivity contribution in [2.24, 2.45) is 4.99 Å². The lowest BCUT2D eigenvalue weighted by Gasteiger charge is -1.84. The number of hydrogen-bond acceptors (Lipinski definition) is 1. The molecule has 0 spiro atoms. The molecule has 0 atom stereocenters. The Morgan fingerprint density at radius 1 is 1.55 bits per heavy atom. The quantitative estimate of drug-likeness (QED) is 0.555. The van der Waals surface area contributed by atoms with Gasteiger partial charge in [-0.2, -0.15) is 0 Å². The van der Waals surface area contributed by atoms with Gasteiger partial charge in [0.15, 0.2) is 0 Å². The first kappa shape index (κ1) is 6.65. The average molecular weight is 148 g/mol. The van der Waals surface area contributed by atoms with Crippen molar-refractivity contribution < 1.29 is 0 Å². The summed E-state index contributed by atoms with van der Waals surface area (Å²) in [5, 5.41) is 1.28. The Labute approximate surface area is 65.7 Å². The van der Waals surface area contributed by atoms with Gasteiger partial charge in [-0.15, -0.1) is 0 Å². The van der Waals surface area contributed by atoms with Crippen molar-refractivity contribution in [1.82, 2.24) is 4.98 Å². The summed E-state index contributed by atoms with van der Waals surface area (Å²) in [7, 11) is 0. The topological polar surface area (TPSA) is 28.1 Å². The third-order valence-electron chi connectivity index (χ3n) is 1.96. The summed E-state index contributed by atoms with van der Waals surface area (Å²) in [4.78, 5) is 7.66. The second kappa shape index (κ2) is 2.53. The van der Waals surface area contributed by atoms with Crippen molar-refractivity contribution in [3.05, 3.63) is 22.5 Å². The lowest BCUT2D eigenvalue weighted by molar-refractivity contribution is 0.856. The van der Waals surface area contributed by atoms with Crippen LogP contribution < -0.4 is 10.7 Å². The minimum atomic E-state index is 0.962. The summed E-state index contributed by atoms with van der Waals surface area (Å²) < 4.78 is 0. The van der Waals surface area contributed by atoms with Crippen molar-refractivity contribution >= 4 is 6.08 Å². The molecule has 1 aromatic heterocycles. The number of H-pyrrole nitrogens is 1. The second-order valence-corrected chi connectivity index (χ2v) is 2.98. The minimum absolute atomic E-state index is 0.962. The highest BCUT2D eigenvalue weighted by molar-refractivity contribution is 5.24. The van der Waals surface area contributed by atoms with Gasteiger partial charge in [0.25, 0.3) is 0 Å². The molecule has 0 unspecified atom stereocenters. The molecule has 58 valence electrons. The Morgan fingerprint density at radius 2 is 2.45 bits per heavy atom. The Morgan fingerprint density at radius 3 is 3.36 bits per heavy atom. The fourth-order valence-corrected chi connectivity index (χ4v) is 1.42. The van der Waals surface area contributed by atoms with E-state index in [1.54, 1.807) is 0 Å². The standard InChI is InChI=1S/C9H12N2/c1-7-6-8-4-2-3-5-10-9(8)11-7/h4,6H,2-3,5H2,1H3,(H,10,11). The van der Waals surface area contributed by atoms with Gasteiger partial charge in [0.05, 0.1) is 0 Å². The van der Waals surface area contributed by atoms with E-state index in [0.717, 1.165) is 18.5 Å². The van der Waals surface area contributed by atoms with E-state index in [1.807, 2.05) is 0 Å². The molecular weight excluding hydrogens is 136 g/mol. The van der Waals surface area contributed by atoms with Gasteiger partial charge < -0.3 is 4.98 Å². The highest BCUT2D eigenvalue weighted by Crippen LogP contribution is 1.92. The van der Waals surface area contributed by atoms with Crippen LogP contribution in [0.25, 0.3) is 6.08 Å². The largest absolute Gasteiger partial charge is 0.344 e. The molecule has 2 nitrogen and oxygen atoms in total. The summed E-state index contributed by atoms with van der Waals surface area (Å²) in [5.41, 5.74) is 2.27. The smallest absolute Gasteiger partial charge is 0.132 e. The molecule has 0 bridgehead atoms. The van der Waals surface area contributed by atoms with Crippen LogP contribution in [0.2, 0.25) is 0 Å². The maximum absolute atomic E-state index is 4.42. The highest BCUT2D eigenvalue weighted by Gasteiger charge is 1.95. The van der Waals surface area contributed by atoms with Crippen LogP contribution in [0.3, 0.4) is 0 Å². The molecule has 0 aromatic carbocycles. The van der Waals surface area contributed by atoms with Gasteiger partial charge in [0.1, 0.15) is 5.49 Å². The Bertz CT molecular complexity index is 326. The number of aromatic nitrogens is 1. The van der Waals surface area contributed by atoms with Gasteiger partial charge >= 0.3 is 0 Å². The fraction of sp³-hybridized carbons (Fsp3) is 0.444. The van der Waals surface area contributed by atoms with Crippen LogP contribution >= 0.6 is 0 Å². The lowest BCUT2D eigenvalue weighted by Crippen LogP contribution is -2.21. The van der Waals surface area contributed by atoms with Gasteiger partial charge in [0, 0.05) is 17.5 Å². The van der Waals surface area contributed by atoms with E-state index < -0.39 is 0 Å². The van der Waals surface area contributed by atoms with Crippen LogP contribution in [-0.2, 0) is 0 Å². The molecule has 1 N–H and O–H groups in total. The molecule has 0 radical (unpaired) electrons. The normalized spacial score (nSPS) is 16.1. The molecule has 0 saturated carbocycles. The second-order valence-electron chi connectivity index (χ2n) is 2.98. The first-order valence-electron chi connectivity index (χ1n) is 4.06. The SMILES string of the molecule is Cc1cc2c([nH]1)=NCCCC=2. The van der Waals surface area contributed by atoms with E-state index in [-0.39, 0.29) is 0 Å². The molecule has 0 aliphatic carbocycles. The van der Waals surface area contributed by atoms with Crippen LogP contribution in [0.5, 0.6) is 0 Å². The molecule has 0 saturated heterocycles. The third-order valence-corrected chi connectivity index (χ3v) is 1.96. The summed E-state index contributed by atoms with van der Waals surface area (Å²) in [6.07, 6.45) is 4.60. The molecule has 0 fully saturated rings. The summed E-state index contributed by atoms with van der Waals surface area (Å²) in [6, 6.07) is 2.16. The highest BCUT2D eigenvalue weighted by atomic mass is 14.8. The summed E-state index contributed by atoms with van der Waals surface area (Å²) >= 11 is 0. The van der Waals surface area contributed by atoms with Gasteiger partial charge in [-0.25, -0.2) is 0 Å². The zero-order valence-corrected chi connectivity index (χ0v) is 6.72. The van der Waals surface area contributed by atoms with Gasteiger partial charge in [-0.1, -0.05) is 6.08 Å². The van der Waals surface area contributed by atoms with Gasteiger partial charge in [0.2, 0.25) is 0 Å². The van der Waals surface area contributed by atoms with Gasteiger partial charge in [-0.3, -0.25) is 4.99 Å². The van der Waals surface area contributed by atoms with Crippen molar-refractivity contribution in [2.45, 2.75) is 19.8 Å². The maximum atomic E-state index is 4.42. The Balaban J connectivity index is 2.71. The number of aryl methyl sites for hydroxylation is 1. The number of aromatic amines is 1. The van der Waals surface area contributed by atoms with E-state index in [0.29, 0.717) is 0 Å². The zero-order chi connectivity index (χ0) is 7.68. The summed E-state index contributed by atoms with van der Waals surface area (Å²) in [5.74, 6) is 0. The van der Waals surface area contributed by atoms with Crippen molar-refractivity contribution in [3.63, 3.8) is 0 Å². The monoisotopic (exact) mass is 148 g/mol. The van der Waals surface area contributed by atoms with Crippen molar-refractivity contribution in [3.8, 4) is 0 Å². The zero-order valence-electron chi connectivity index (χ0n) is 6.72. The predicted octanol–water partition coefficient (Wildman–Crippen LogP) is 0.517. The molecule has 2 rings (SSSR count). The van der Waals surface area contributed by atoms with E-state index in [1.165, 1.54) is 17.3 Å². The molecule has 0 amide bonds. The molecule has 1 aliphatic rings. The van der Waals surface area contributed by atoms with Crippen LogP contribution in [0.4, 0.5) is 0 Å². The van der Waals surface area contributed by atoms with Crippen LogP contribution in [0.1, 0.15) is 18.5 Å². The Hall–Kier alpha value is -1.05. The van der Waals surface area contributed by atoms with E-state index >= 15 is 0 Å². The van der Waals surface area contributed by atoms with Gasteiger partial charge in [-0.05, 0) is 25.8 Å². The van der Waals surface area contributed by atoms with Crippen LogP contribution in [0.15, 0.2) is 11.1 Å². The molecule has 2 heteroatoms. The lowest BCUT2D eigenvalue weighted by atomic mass is 10.3. The van der Waals surface area contributed by atoms with Crippen LogP contribution in [-0.4, -0.2) is 11.5 Å². The van der Waals surface area contributed by atoms with E-state index in [4.69, 9.17) is 0 Å². The minimum Gasteiger partial charge on any atom is -0.344 e. The molecular formula is C9H12N2. The molecule has 11 heavy (non-hydrogen) atoms. The predicted molar refractivity (Wildman–Crippen MR) is 44.9 cm³/mol. The number of hydrogen-bond donors (Lipinski definition) is 1. The third kappa shape index (κ3) is 1.20. The fourth-order valence-electron chi connectivity index (χ4n) is 1.42. The molecule has 2 heterocycles. The van der Waals surface area contributed by atoms with Crippen molar-refractivity contribution in [2.75, 3.05) is 6.54 Å². The number of nitrogens with zero attached hydrogens (tertiary/aromatic N) is 1. The average Bonchev–Trinajstić information content (AvgIpc) is 2.17.